The largest absolute Gasteiger partial charge is 0.402 e. The molecule has 5 heteroatoms. The maximum Gasteiger partial charge on any atom is 0.363 e. The van der Waals surface area contributed by atoms with E-state index in [9.17, 15) is 4.79 Å². The van der Waals surface area contributed by atoms with Crippen LogP contribution in [0.25, 0.3) is 16.8 Å². The number of cyclic esters (lactones) is 1. The Labute approximate surface area is 163 Å². The smallest absolute Gasteiger partial charge is 0.363 e. The Morgan fingerprint density at radius 3 is 2.72 bits per heavy atom. The molecule has 0 saturated heterocycles. The summed E-state index contributed by atoms with van der Waals surface area (Å²) >= 11 is 8.39. The summed E-state index contributed by atoms with van der Waals surface area (Å²) in [6.07, 6.45) is 1.75. The molecule has 1 aliphatic heterocycles. The Kier molecular flexibility index (Phi) is 4.31. The molecule has 1 heterocycles. The summed E-state index contributed by atoms with van der Waals surface area (Å²) in [5, 5.41) is 2.66. The maximum absolute atomic E-state index is 12.2. The molecule has 25 heavy (non-hydrogen) atoms. The zero-order chi connectivity index (χ0) is 17.4. The highest BCUT2D eigenvalue weighted by Gasteiger charge is 2.26. The highest BCUT2D eigenvalue weighted by Crippen LogP contribution is 2.27. The van der Waals surface area contributed by atoms with Gasteiger partial charge in [0.2, 0.25) is 5.90 Å². The molecule has 3 nitrogen and oxygen atoms in total. The minimum absolute atomic E-state index is 0.236. The first kappa shape index (κ1) is 16.3. The van der Waals surface area contributed by atoms with Crippen LogP contribution in [0.1, 0.15) is 11.1 Å². The van der Waals surface area contributed by atoms with E-state index in [1.165, 1.54) is 0 Å². The van der Waals surface area contributed by atoms with E-state index in [-0.39, 0.29) is 11.6 Å². The SMILES string of the molecule is O=C1OC(c2cc(I)ccc2Cl)=N/C1=C\c1cccc2ccccc12. The number of benzene rings is 3. The van der Waals surface area contributed by atoms with Crippen molar-refractivity contribution in [1.29, 1.82) is 0 Å². The van der Waals surface area contributed by atoms with E-state index in [2.05, 4.69) is 27.6 Å². The second kappa shape index (κ2) is 6.61. The van der Waals surface area contributed by atoms with Gasteiger partial charge in [0, 0.05) is 3.57 Å². The fourth-order valence-electron chi connectivity index (χ4n) is 2.71. The van der Waals surface area contributed by atoms with Crippen molar-refractivity contribution in [3.63, 3.8) is 0 Å². The molecule has 0 radical (unpaired) electrons. The van der Waals surface area contributed by atoms with Crippen molar-refractivity contribution in [3.05, 3.63) is 86.1 Å². The molecule has 3 aromatic carbocycles. The van der Waals surface area contributed by atoms with Crippen molar-refractivity contribution < 1.29 is 9.53 Å². The first-order valence-electron chi connectivity index (χ1n) is 7.57. The Morgan fingerprint density at radius 2 is 1.84 bits per heavy atom. The molecular weight excluding hydrogens is 449 g/mol. The van der Waals surface area contributed by atoms with Gasteiger partial charge in [-0.2, -0.15) is 0 Å². The number of halogens is 2. The van der Waals surface area contributed by atoms with E-state index in [0.29, 0.717) is 10.6 Å². The maximum atomic E-state index is 12.2. The van der Waals surface area contributed by atoms with E-state index >= 15 is 0 Å². The van der Waals surface area contributed by atoms with E-state index in [4.69, 9.17) is 16.3 Å². The molecule has 1 aliphatic rings. The van der Waals surface area contributed by atoms with E-state index in [1.54, 1.807) is 12.1 Å². The molecule has 0 aliphatic carbocycles. The van der Waals surface area contributed by atoms with Crippen LogP contribution < -0.4 is 0 Å². The molecule has 0 saturated carbocycles. The highest BCUT2D eigenvalue weighted by molar-refractivity contribution is 14.1. The van der Waals surface area contributed by atoms with Gasteiger partial charge in [-0.05, 0) is 63.2 Å². The Morgan fingerprint density at radius 1 is 1.04 bits per heavy atom. The number of aliphatic imine (C=N–C) groups is 1. The molecule has 0 aromatic heterocycles. The third kappa shape index (κ3) is 3.19. The van der Waals surface area contributed by atoms with E-state index in [1.807, 2.05) is 54.6 Å². The molecule has 0 atom stereocenters. The quantitative estimate of drug-likeness (QED) is 0.291. The Hall–Kier alpha value is -2.18. The Balaban J connectivity index is 1.80. The Bertz CT molecular complexity index is 1070. The van der Waals surface area contributed by atoms with Gasteiger partial charge in [-0.1, -0.05) is 54.1 Å². The van der Waals surface area contributed by atoms with E-state index in [0.717, 1.165) is 19.9 Å². The minimum Gasteiger partial charge on any atom is -0.402 e. The van der Waals surface area contributed by atoms with Crippen LogP contribution in [0, 0.1) is 3.57 Å². The van der Waals surface area contributed by atoms with Crippen LogP contribution in [0.15, 0.2) is 71.4 Å². The van der Waals surface area contributed by atoms with Gasteiger partial charge >= 0.3 is 5.97 Å². The summed E-state index contributed by atoms with van der Waals surface area (Å²) in [6.45, 7) is 0. The van der Waals surface area contributed by atoms with Crippen LogP contribution >= 0.6 is 34.2 Å². The third-order valence-corrected chi connectivity index (χ3v) is 4.90. The van der Waals surface area contributed by atoms with Crippen molar-refractivity contribution in [1.82, 2.24) is 0 Å². The molecule has 0 amide bonds. The molecule has 122 valence electrons. The number of fused-ring (bicyclic) bond motifs is 1. The predicted molar refractivity (Wildman–Crippen MR) is 109 cm³/mol. The van der Waals surface area contributed by atoms with Crippen LogP contribution in [0.4, 0.5) is 0 Å². The third-order valence-electron chi connectivity index (χ3n) is 3.89. The van der Waals surface area contributed by atoms with Gasteiger partial charge in [0.25, 0.3) is 0 Å². The number of nitrogens with zero attached hydrogens (tertiary/aromatic N) is 1. The average molecular weight is 460 g/mol. The molecule has 4 rings (SSSR count). The number of carbonyl (C=O) groups excluding carboxylic acids is 1. The van der Waals surface area contributed by atoms with Crippen LogP contribution in [0.3, 0.4) is 0 Å². The van der Waals surface area contributed by atoms with Gasteiger partial charge in [0.05, 0.1) is 10.6 Å². The number of hydrogen-bond acceptors (Lipinski definition) is 3. The zero-order valence-corrected chi connectivity index (χ0v) is 15.8. The lowest BCUT2D eigenvalue weighted by atomic mass is 10.0. The summed E-state index contributed by atoms with van der Waals surface area (Å²) in [7, 11) is 0. The summed E-state index contributed by atoms with van der Waals surface area (Å²) in [5.41, 5.74) is 1.80. The summed E-state index contributed by atoms with van der Waals surface area (Å²) in [4.78, 5) is 16.6. The van der Waals surface area contributed by atoms with Gasteiger partial charge in [-0.3, -0.25) is 0 Å². The van der Waals surface area contributed by atoms with Gasteiger partial charge < -0.3 is 4.74 Å². The molecule has 0 fully saturated rings. The van der Waals surface area contributed by atoms with Crippen molar-refractivity contribution in [2.45, 2.75) is 0 Å². The molecular formula is C20H11ClINO2. The van der Waals surface area contributed by atoms with Crippen LogP contribution in [-0.2, 0) is 9.53 Å². The van der Waals surface area contributed by atoms with Crippen molar-refractivity contribution in [3.8, 4) is 0 Å². The topological polar surface area (TPSA) is 38.7 Å². The van der Waals surface area contributed by atoms with Gasteiger partial charge in [0.15, 0.2) is 5.70 Å². The van der Waals surface area contributed by atoms with Crippen LogP contribution in [0.2, 0.25) is 5.02 Å². The lowest BCUT2D eigenvalue weighted by Gasteiger charge is -2.02. The number of hydrogen-bond donors (Lipinski definition) is 0. The van der Waals surface area contributed by atoms with Crippen molar-refractivity contribution in [2.75, 3.05) is 0 Å². The fraction of sp³-hybridized carbons (Fsp3) is 0. The highest BCUT2D eigenvalue weighted by atomic mass is 127. The monoisotopic (exact) mass is 459 g/mol. The molecule has 3 aromatic rings. The van der Waals surface area contributed by atoms with Gasteiger partial charge in [0.1, 0.15) is 0 Å². The lowest BCUT2D eigenvalue weighted by molar-refractivity contribution is -0.129. The number of ether oxygens (including phenoxy) is 1. The number of rotatable bonds is 2. The first-order valence-corrected chi connectivity index (χ1v) is 9.03. The molecule has 0 spiro atoms. The number of esters is 1. The standard InChI is InChI=1S/C20H11ClINO2/c21-17-9-8-14(22)11-16(17)19-23-18(20(24)25-19)10-13-6-3-5-12-4-1-2-7-15(12)13/h1-11H/b18-10-. The lowest BCUT2D eigenvalue weighted by Crippen LogP contribution is -2.06. The number of carbonyl (C=O) groups is 1. The van der Waals surface area contributed by atoms with Gasteiger partial charge in [-0.25, -0.2) is 9.79 Å². The first-order chi connectivity index (χ1) is 12.1. The summed E-state index contributed by atoms with van der Waals surface area (Å²) in [6, 6.07) is 19.4. The molecule has 0 N–H and O–H groups in total. The second-order valence-corrected chi connectivity index (χ2v) is 7.18. The van der Waals surface area contributed by atoms with Crippen molar-refractivity contribution >= 4 is 62.9 Å². The average Bonchev–Trinajstić information content (AvgIpc) is 2.98. The van der Waals surface area contributed by atoms with Gasteiger partial charge in [-0.15, -0.1) is 0 Å². The summed E-state index contributed by atoms with van der Waals surface area (Å²) < 4.78 is 6.32. The normalized spacial score (nSPS) is 15.5. The molecule has 0 unspecified atom stereocenters. The van der Waals surface area contributed by atoms with Crippen LogP contribution in [-0.4, -0.2) is 11.9 Å². The van der Waals surface area contributed by atoms with E-state index < -0.39 is 5.97 Å². The second-order valence-electron chi connectivity index (χ2n) is 5.53. The summed E-state index contributed by atoms with van der Waals surface area (Å²) in [5.74, 6) is -0.238. The fourth-order valence-corrected chi connectivity index (χ4v) is 3.40. The zero-order valence-electron chi connectivity index (χ0n) is 12.9. The van der Waals surface area contributed by atoms with Crippen molar-refractivity contribution in [2.24, 2.45) is 4.99 Å². The minimum atomic E-state index is -0.474. The van der Waals surface area contributed by atoms with Crippen LogP contribution in [0.5, 0.6) is 0 Å². The predicted octanol–water partition coefficient (Wildman–Crippen LogP) is 5.44. The molecule has 0 bridgehead atoms.